The van der Waals surface area contributed by atoms with Crippen LogP contribution in [-0.4, -0.2) is 54.0 Å². The third kappa shape index (κ3) is 4.88. The molecule has 4 heterocycles. The Labute approximate surface area is 225 Å². The first-order valence-electron chi connectivity index (χ1n) is 12.7. The van der Waals surface area contributed by atoms with Crippen LogP contribution in [0.4, 0.5) is 10.6 Å². The van der Waals surface area contributed by atoms with Crippen molar-refractivity contribution in [3.05, 3.63) is 79.4 Å². The SMILES string of the molecule is CC(C)(C)OC(=O)N1CC(n2ccc(-n3nc(-c4ccc(Oc5ccccc5)cc4)c4c(N)ncnc43)c2)C1. The summed E-state index contributed by atoms with van der Waals surface area (Å²) in [7, 11) is 0. The van der Waals surface area contributed by atoms with Gasteiger partial charge in [-0.15, -0.1) is 0 Å². The van der Waals surface area contributed by atoms with Crippen LogP contribution >= 0.6 is 0 Å². The van der Waals surface area contributed by atoms with E-state index in [2.05, 4.69) is 14.5 Å². The number of carbonyl (C=O) groups is 1. The number of hydrogen-bond donors (Lipinski definition) is 1. The average molecular weight is 524 g/mol. The molecule has 0 radical (unpaired) electrons. The number of benzene rings is 2. The topological polar surface area (TPSA) is 113 Å². The molecule has 1 aliphatic heterocycles. The zero-order valence-corrected chi connectivity index (χ0v) is 22.0. The molecule has 1 aliphatic rings. The van der Waals surface area contributed by atoms with Crippen LogP contribution < -0.4 is 10.5 Å². The lowest BCUT2D eigenvalue weighted by Gasteiger charge is -2.40. The third-order valence-corrected chi connectivity index (χ3v) is 6.48. The molecule has 6 rings (SSSR count). The lowest BCUT2D eigenvalue weighted by atomic mass is 10.1. The summed E-state index contributed by atoms with van der Waals surface area (Å²) in [6.45, 7) is 6.77. The van der Waals surface area contributed by atoms with Gasteiger partial charge in [0.15, 0.2) is 5.65 Å². The molecule has 39 heavy (non-hydrogen) atoms. The number of anilines is 1. The summed E-state index contributed by atoms with van der Waals surface area (Å²) in [5, 5.41) is 5.58. The van der Waals surface area contributed by atoms with Gasteiger partial charge >= 0.3 is 6.09 Å². The number of fused-ring (bicyclic) bond motifs is 1. The van der Waals surface area contributed by atoms with Crippen molar-refractivity contribution in [1.29, 1.82) is 0 Å². The largest absolute Gasteiger partial charge is 0.457 e. The predicted molar refractivity (Wildman–Crippen MR) is 148 cm³/mol. The smallest absolute Gasteiger partial charge is 0.410 e. The van der Waals surface area contributed by atoms with Gasteiger partial charge < -0.3 is 24.7 Å². The maximum Gasteiger partial charge on any atom is 0.410 e. The molecule has 5 aromatic rings. The highest BCUT2D eigenvalue weighted by Gasteiger charge is 2.34. The van der Waals surface area contributed by atoms with Crippen molar-refractivity contribution in [1.82, 2.24) is 29.2 Å². The predicted octanol–water partition coefficient (Wildman–Crippen LogP) is 5.45. The van der Waals surface area contributed by atoms with Crippen molar-refractivity contribution in [2.75, 3.05) is 18.8 Å². The van der Waals surface area contributed by atoms with E-state index in [9.17, 15) is 4.79 Å². The molecule has 3 aromatic heterocycles. The summed E-state index contributed by atoms with van der Waals surface area (Å²) in [4.78, 5) is 22.7. The lowest BCUT2D eigenvalue weighted by molar-refractivity contribution is 0.00112. The molecule has 0 atom stereocenters. The van der Waals surface area contributed by atoms with Crippen LogP contribution in [0.25, 0.3) is 28.0 Å². The van der Waals surface area contributed by atoms with Crippen LogP contribution in [0.3, 0.4) is 0 Å². The maximum atomic E-state index is 12.3. The molecular weight excluding hydrogens is 494 g/mol. The number of rotatable bonds is 5. The number of aromatic nitrogens is 5. The molecule has 0 unspecified atom stereocenters. The Hall–Kier alpha value is -4.86. The summed E-state index contributed by atoms with van der Waals surface area (Å²) in [6, 6.07) is 19.4. The van der Waals surface area contributed by atoms with E-state index in [4.69, 9.17) is 20.3 Å². The summed E-state index contributed by atoms with van der Waals surface area (Å²) in [5.41, 5.74) is 8.79. The monoisotopic (exact) mass is 523 g/mol. The van der Waals surface area contributed by atoms with Crippen LogP contribution in [0.5, 0.6) is 11.5 Å². The quantitative estimate of drug-likeness (QED) is 0.326. The molecule has 198 valence electrons. The van der Waals surface area contributed by atoms with Gasteiger partial charge in [0.2, 0.25) is 0 Å². The van der Waals surface area contributed by atoms with Crippen molar-refractivity contribution >= 4 is 22.9 Å². The second kappa shape index (κ2) is 9.46. The van der Waals surface area contributed by atoms with Crippen molar-refractivity contribution in [3.8, 4) is 28.4 Å². The van der Waals surface area contributed by atoms with Gasteiger partial charge in [0.05, 0.1) is 17.1 Å². The number of likely N-dealkylation sites (tertiary alicyclic amines) is 1. The molecule has 1 fully saturated rings. The van der Waals surface area contributed by atoms with Gasteiger partial charge in [-0.25, -0.2) is 19.4 Å². The molecule has 2 N–H and O–H groups in total. The van der Waals surface area contributed by atoms with Crippen LogP contribution in [0.2, 0.25) is 0 Å². The molecule has 0 bridgehead atoms. The van der Waals surface area contributed by atoms with E-state index in [1.807, 2.05) is 93.8 Å². The zero-order chi connectivity index (χ0) is 27.1. The fourth-order valence-corrected chi connectivity index (χ4v) is 4.54. The highest BCUT2D eigenvalue weighted by molar-refractivity contribution is 5.98. The van der Waals surface area contributed by atoms with Crippen LogP contribution in [0, 0.1) is 0 Å². The molecule has 0 aliphatic carbocycles. The minimum absolute atomic E-state index is 0.157. The second-order valence-corrected chi connectivity index (χ2v) is 10.5. The van der Waals surface area contributed by atoms with E-state index in [0.29, 0.717) is 35.6 Å². The number of ether oxygens (including phenoxy) is 2. The van der Waals surface area contributed by atoms with E-state index >= 15 is 0 Å². The molecule has 0 saturated carbocycles. The summed E-state index contributed by atoms with van der Waals surface area (Å²) in [5.74, 6) is 1.84. The first-order chi connectivity index (χ1) is 18.7. The van der Waals surface area contributed by atoms with Gasteiger partial charge in [-0.2, -0.15) is 5.10 Å². The summed E-state index contributed by atoms with van der Waals surface area (Å²) in [6.07, 6.45) is 5.14. The summed E-state index contributed by atoms with van der Waals surface area (Å²) >= 11 is 0. The van der Waals surface area contributed by atoms with E-state index in [0.717, 1.165) is 22.7 Å². The Morgan fingerprint density at radius 2 is 1.69 bits per heavy atom. The van der Waals surface area contributed by atoms with Crippen molar-refractivity contribution in [2.24, 2.45) is 0 Å². The van der Waals surface area contributed by atoms with E-state index in [1.165, 1.54) is 6.33 Å². The zero-order valence-electron chi connectivity index (χ0n) is 22.0. The second-order valence-electron chi connectivity index (χ2n) is 10.5. The van der Waals surface area contributed by atoms with Crippen LogP contribution in [0.1, 0.15) is 26.8 Å². The average Bonchev–Trinajstić information content (AvgIpc) is 3.49. The first-order valence-corrected chi connectivity index (χ1v) is 12.7. The molecule has 10 heteroatoms. The molecule has 10 nitrogen and oxygen atoms in total. The number of para-hydroxylation sites is 1. The van der Waals surface area contributed by atoms with Gasteiger partial charge in [-0.3, -0.25) is 0 Å². The Morgan fingerprint density at radius 3 is 2.41 bits per heavy atom. The number of nitrogens with zero attached hydrogens (tertiary/aromatic N) is 6. The van der Waals surface area contributed by atoms with Gasteiger partial charge in [0.1, 0.15) is 34.9 Å². The number of hydrogen-bond acceptors (Lipinski definition) is 7. The maximum absolute atomic E-state index is 12.3. The molecule has 1 saturated heterocycles. The fraction of sp³-hybridized carbons (Fsp3) is 0.241. The molecular formula is C29H29N7O3. The van der Waals surface area contributed by atoms with E-state index in [-0.39, 0.29) is 12.1 Å². The molecule has 0 spiro atoms. The van der Waals surface area contributed by atoms with Gasteiger partial charge in [-0.05, 0) is 63.2 Å². The van der Waals surface area contributed by atoms with E-state index in [1.54, 1.807) is 9.58 Å². The first kappa shape index (κ1) is 24.5. The van der Waals surface area contributed by atoms with Gasteiger partial charge in [0.25, 0.3) is 0 Å². The Bertz CT molecular complexity index is 1630. The Morgan fingerprint density at radius 1 is 0.974 bits per heavy atom. The molecule has 1 amide bonds. The van der Waals surface area contributed by atoms with Crippen LogP contribution in [0.15, 0.2) is 79.4 Å². The lowest BCUT2D eigenvalue weighted by Crippen LogP contribution is -2.51. The minimum atomic E-state index is -0.513. The standard InChI is InChI=1S/C29H29N7O3/c1-29(2,3)39-28(37)35-16-21(17-35)34-14-13-20(15-34)36-27-24(26(30)31-18-32-27)25(33-36)19-9-11-23(12-10-19)38-22-7-5-4-6-8-22/h4-15,18,21H,16-17H2,1-3H3,(H2,30,31,32). The normalized spacial score (nSPS) is 13.9. The number of nitrogens with two attached hydrogens (primary N) is 1. The highest BCUT2D eigenvalue weighted by Crippen LogP contribution is 2.34. The number of carbonyl (C=O) groups excluding carboxylic acids is 1. The highest BCUT2D eigenvalue weighted by atomic mass is 16.6. The van der Waals surface area contributed by atoms with Gasteiger partial charge in [0, 0.05) is 31.0 Å². The van der Waals surface area contributed by atoms with Crippen molar-refractivity contribution < 1.29 is 14.3 Å². The van der Waals surface area contributed by atoms with Crippen LogP contribution in [-0.2, 0) is 4.74 Å². The molecule has 2 aromatic carbocycles. The van der Waals surface area contributed by atoms with Gasteiger partial charge in [-0.1, -0.05) is 18.2 Å². The van der Waals surface area contributed by atoms with Crippen molar-refractivity contribution in [2.45, 2.75) is 32.4 Å². The Kier molecular flexibility index (Phi) is 5.94. The van der Waals surface area contributed by atoms with E-state index < -0.39 is 5.60 Å². The fourth-order valence-electron chi connectivity index (χ4n) is 4.54. The third-order valence-electron chi connectivity index (χ3n) is 6.48. The number of amides is 1. The number of nitrogen functional groups attached to an aromatic ring is 1. The Balaban J connectivity index is 1.25. The minimum Gasteiger partial charge on any atom is -0.457 e. The van der Waals surface area contributed by atoms with Crippen molar-refractivity contribution in [3.63, 3.8) is 0 Å². The summed E-state index contributed by atoms with van der Waals surface area (Å²) < 4.78 is 15.3.